The van der Waals surface area contributed by atoms with Crippen LogP contribution < -0.4 is 15.8 Å². The fraction of sp³-hybridized carbons (Fsp3) is 0.333. The number of methoxy groups -OCH3 is 1. The second-order valence-electron chi connectivity index (χ2n) is 5.05. The van der Waals surface area contributed by atoms with Crippen molar-refractivity contribution < 1.29 is 9.26 Å². The number of rotatable bonds is 5. The van der Waals surface area contributed by atoms with Crippen molar-refractivity contribution in [1.29, 1.82) is 0 Å². The van der Waals surface area contributed by atoms with Gasteiger partial charge in [-0.05, 0) is 24.1 Å². The molecule has 0 saturated heterocycles. The van der Waals surface area contributed by atoms with Gasteiger partial charge in [-0.3, -0.25) is 0 Å². The summed E-state index contributed by atoms with van der Waals surface area (Å²) in [5.41, 5.74) is 7.47. The number of anilines is 1. The van der Waals surface area contributed by atoms with Crippen LogP contribution in [0.2, 0.25) is 5.02 Å². The summed E-state index contributed by atoms with van der Waals surface area (Å²) < 4.78 is 10.3. The van der Waals surface area contributed by atoms with Gasteiger partial charge in [-0.15, -0.1) is 0 Å². The number of guanidine groups is 1. The number of nitrogens with one attached hydrogen (secondary N) is 1. The van der Waals surface area contributed by atoms with Crippen LogP contribution in [0.4, 0.5) is 5.69 Å². The summed E-state index contributed by atoms with van der Waals surface area (Å²) in [5.74, 6) is 1.86. The number of hydrogen-bond acceptors (Lipinski definition) is 4. The van der Waals surface area contributed by atoms with Crippen LogP contribution in [0.15, 0.2) is 33.8 Å². The van der Waals surface area contributed by atoms with Crippen molar-refractivity contribution in [3.05, 3.63) is 40.7 Å². The van der Waals surface area contributed by atoms with E-state index in [2.05, 4.69) is 15.5 Å². The molecule has 1 aromatic heterocycles. The van der Waals surface area contributed by atoms with Crippen molar-refractivity contribution in [2.45, 2.75) is 26.3 Å². The predicted octanol–water partition coefficient (Wildman–Crippen LogP) is 3.39. The Hall–Kier alpha value is -2.21. The molecule has 118 valence electrons. The molecule has 0 unspecified atom stereocenters. The Morgan fingerprint density at radius 2 is 2.23 bits per heavy atom. The highest BCUT2D eigenvalue weighted by Crippen LogP contribution is 2.27. The third-order valence-electron chi connectivity index (χ3n) is 3.00. The SMILES string of the molecule is COc1ccc(NC(N)=NCc2cc(C(C)C)no2)cc1Cl. The van der Waals surface area contributed by atoms with Crippen LogP contribution in [0.1, 0.15) is 31.2 Å². The molecule has 0 aliphatic heterocycles. The highest BCUT2D eigenvalue weighted by molar-refractivity contribution is 6.32. The van der Waals surface area contributed by atoms with Crippen LogP contribution in [0, 0.1) is 0 Å². The lowest BCUT2D eigenvalue weighted by molar-refractivity contribution is 0.376. The van der Waals surface area contributed by atoms with Crippen molar-refractivity contribution in [2.75, 3.05) is 12.4 Å². The molecule has 0 atom stereocenters. The van der Waals surface area contributed by atoms with E-state index < -0.39 is 0 Å². The Bertz CT molecular complexity index is 667. The molecular weight excluding hydrogens is 304 g/mol. The van der Waals surface area contributed by atoms with Crippen LogP contribution in [-0.4, -0.2) is 18.2 Å². The lowest BCUT2D eigenvalue weighted by Crippen LogP contribution is -2.22. The molecule has 0 spiro atoms. The maximum absolute atomic E-state index is 6.05. The molecule has 0 aliphatic rings. The van der Waals surface area contributed by atoms with E-state index in [-0.39, 0.29) is 5.96 Å². The van der Waals surface area contributed by atoms with Gasteiger partial charge in [0, 0.05) is 11.8 Å². The average Bonchev–Trinajstić information content (AvgIpc) is 2.94. The van der Waals surface area contributed by atoms with Crippen molar-refractivity contribution in [1.82, 2.24) is 5.16 Å². The Morgan fingerprint density at radius 1 is 1.45 bits per heavy atom. The summed E-state index contributed by atoms with van der Waals surface area (Å²) in [6.07, 6.45) is 0. The molecule has 0 radical (unpaired) electrons. The van der Waals surface area contributed by atoms with E-state index in [1.807, 2.05) is 19.9 Å². The first-order chi connectivity index (χ1) is 10.5. The molecule has 22 heavy (non-hydrogen) atoms. The van der Waals surface area contributed by atoms with Gasteiger partial charge in [-0.25, -0.2) is 4.99 Å². The summed E-state index contributed by atoms with van der Waals surface area (Å²) in [4.78, 5) is 4.21. The van der Waals surface area contributed by atoms with Crippen molar-refractivity contribution >= 4 is 23.2 Å². The fourth-order valence-corrected chi connectivity index (χ4v) is 2.03. The van der Waals surface area contributed by atoms with Crippen LogP contribution in [-0.2, 0) is 6.54 Å². The van der Waals surface area contributed by atoms with Crippen molar-refractivity contribution in [3.8, 4) is 5.75 Å². The summed E-state index contributed by atoms with van der Waals surface area (Å²) in [6.45, 7) is 4.42. The molecule has 0 aliphatic carbocycles. The minimum Gasteiger partial charge on any atom is -0.495 e. The van der Waals surface area contributed by atoms with E-state index in [1.165, 1.54) is 0 Å². The molecule has 3 N–H and O–H groups in total. The van der Waals surface area contributed by atoms with Crippen LogP contribution in [0.5, 0.6) is 5.75 Å². The van der Waals surface area contributed by atoms with Gasteiger partial charge < -0.3 is 20.3 Å². The van der Waals surface area contributed by atoms with E-state index in [4.69, 9.17) is 26.6 Å². The summed E-state index contributed by atoms with van der Waals surface area (Å²) in [7, 11) is 1.56. The fourth-order valence-electron chi connectivity index (χ4n) is 1.77. The molecule has 0 fully saturated rings. The number of benzene rings is 1. The topological polar surface area (TPSA) is 85.7 Å². The number of hydrogen-bond donors (Lipinski definition) is 2. The molecule has 6 nitrogen and oxygen atoms in total. The minimum atomic E-state index is 0.267. The van der Waals surface area contributed by atoms with Gasteiger partial charge in [-0.1, -0.05) is 30.6 Å². The van der Waals surface area contributed by atoms with Crippen molar-refractivity contribution in [2.24, 2.45) is 10.7 Å². The highest BCUT2D eigenvalue weighted by Gasteiger charge is 2.07. The Labute approximate surface area is 134 Å². The summed E-state index contributed by atoms with van der Waals surface area (Å²) in [5, 5.41) is 7.43. The molecular formula is C15H19ClN4O2. The molecule has 0 saturated carbocycles. The third kappa shape index (κ3) is 4.14. The Kier molecular flexibility index (Phi) is 5.27. The standard InChI is InChI=1S/C15H19ClN4O2/c1-9(2)13-7-11(22-20-13)8-18-15(17)19-10-4-5-14(21-3)12(16)6-10/h4-7,9H,8H2,1-3H3,(H3,17,18,19). The van der Waals surface area contributed by atoms with Gasteiger partial charge in [0.05, 0.1) is 17.8 Å². The van der Waals surface area contributed by atoms with E-state index in [1.54, 1.807) is 25.3 Å². The van der Waals surface area contributed by atoms with Gasteiger partial charge in [-0.2, -0.15) is 0 Å². The highest BCUT2D eigenvalue weighted by atomic mass is 35.5. The lowest BCUT2D eigenvalue weighted by atomic mass is 10.1. The zero-order chi connectivity index (χ0) is 16.1. The number of aliphatic imine (C=N–C) groups is 1. The third-order valence-corrected chi connectivity index (χ3v) is 3.29. The zero-order valence-electron chi connectivity index (χ0n) is 12.8. The molecule has 1 aromatic carbocycles. The van der Waals surface area contributed by atoms with Crippen LogP contribution in [0.3, 0.4) is 0 Å². The molecule has 1 heterocycles. The number of aromatic nitrogens is 1. The van der Waals surface area contributed by atoms with E-state index >= 15 is 0 Å². The van der Waals surface area contributed by atoms with Crippen molar-refractivity contribution in [3.63, 3.8) is 0 Å². The van der Waals surface area contributed by atoms with Crippen LogP contribution >= 0.6 is 11.6 Å². The molecule has 0 bridgehead atoms. The number of nitrogens with two attached hydrogens (primary N) is 1. The van der Waals surface area contributed by atoms with E-state index in [0.717, 1.165) is 11.4 Å². The first kappa shape index (κ1) is 16.2. The second kappa shape index (κ2) is 7.17. The molecule has 2 aromatic rings. The molecule has 0 amide bonds. The molecule has 2 rings (SSSR count). The summed E-state index contributed by atoms with van der Waals surface area (Å²) >= 11 is 6.05. The smallest absolute Gasteiger partial charge is 0.193 e. The first-order valence-electron chi connectivity index (χ1n) is 6.85. The van der Waals surface area contributed by atoms with E-state index in [9.17, 15) is 0 Å². The molecule has 7 heteroatoms. The Balaban J connectivity index is 1.98. The largest absolute Gasteiger partial charge is 0.495 e. The minimum absolute atomic E-state index is 0.267. The van der Waals surface area contributed by atoms with Gasteiger partial charge in [0.2, 0.25) is 0 Å². The maximum atomic E-state index is 6.05. The number of halogens is 1. The van der Waals surface area contributed by atoms with Gasteiger partial charge in [0.1, 0.15) is 12.3 Å². The average molecular weight is 323 g/mol. The monoisotopic (exact) mass is 322 g/mol. The van der Waals surface area contributed by atoms with E-state index in [0.29, 0.717) is 29.0 Å². The zero-order valence-corrected chi connectivity index (χ0v) is 13.5. The normalized spacial score (nSPS) is 11.8. The number of ether oxygens (including phenoxy) is 1. The predicted molar refractivity (Wildman–Crippen MR) is 87.5 cm³/mol. The second-order valence-corrected chi connectivity index (χ2v) is 5.46. The van der Waals surface area contributed by atoms with Gasteiger partial charge in [0.25, 0.3) is 0 Å². The first-order valence-corrected chi connectivity index (χ1v) is 7.23. The van der Waals surface area contributed by atoms with Crippen LogP contribution in [0.25, 0.3) is 0 Å². The Morgan fingerprint density at radius 3 is 2.82 bits per heavy atom. The maximum Gasteiger partial charge on any atom is 0.193 e. The van der Waals surface area contributed by atoms with Gasteiger partial charge >= 0.3 is 0 Å². The quantitative estimate of drug-likeness (QED) is 0.651. The van der Waals surface area contributed by atoms with Gasteiger partial charge in [0.15, 0.2) is 11.7 Å². The lowest BCUT2D eigenvalue weighted by Gasteiger charge is -2.08. The summed E-state index contributed by atoms with van der Waals surface area (Å²) in [6, 6.07) is 7.15. The number of nitrogens with zero attached hydrogens (tertiary/aromatic N) is 2.